The number of anilines is 1. The number of rotatable bonds is 5. The van der Waals surface area contributed by atoms with Gasteiger partial charge in [0, 0.05) is 18.2 Å². The molecule has 0 atom stereocenters. The lowest BCUT2D eigenvalue weighted by molar-refractivity contribution is -0.384. The van der Waals surface area contributed by atoms with Gasteiger partial charge in [-0.25, -0.2) is 8.42 Å². The average Bonchev–Trinajstić information content (AvgIpc) is 3.09. The first kappa shape index (κ1) is 17.4. The predicted molar refractivity (Wildman–Crippen MR) is 96.2 cm³/mol. The second-order valence-corrected chi connectivity index (χ2v) is 8.14. The van der Waals surface area contributed by atoms with E-state index in [0.29, 0.717) is 5.69 Å². The van der Waals surface area contributed by atoms with Gasteiger partial charge in [-0.3, -0.25) is 14.4 Å². The van der Waals surface area contributed by atoms with E-state index >= 15 is 0 Å². The third-order valence-electron chi connectivity index (χ3n) is 4.55. The molecule has 7 heteroatoms. The maximum absolute atomic E-state index is 13.2. The summed E-state index contributed by atoms with van der Waals surface area (Å²) in [4.78, 5) is 10.6. The number of benzene rings is 2. The van der Waals surface area contributed by atoms with Crippen molar-refractivity contribution in [2.45, 2.75) is 43.5 Å². The van der Waals surface area contributed by atoms with E-state index in [2.05, 4.69) is 0 Å². The third kappa shape index (κ3) is 3.51. The van der Waals surface area contributed by atoms with Gasteiger partial charge in [0.15, 0.2) is 0 Å². The Kier molecular flexibility index (Phi) is 4.76. The number of aryl methyl sites for hydroxylation is 1. The van der Waals surface area contributed by atoms with Gasteiger partial charge in [0.1, 0.15) is 0 Å². The van der Waals surface area contributed by atoms with Crippen molar-refractivity contribution < 1.29 is 13.3 Å². The van der Waals surface area contributed by atoms with Gasteiger partial charge >= 0.3 is 0 Å². The van der Waals surface area contributed by atoms with Crippen molar-refractivity contribution in [2.24, 2.45) is 0 Å². The fraction of sp³-hybridized carbons (Fsp3) is 0.333. The molecular formula is C18H20N2O4S. The van der Waals surface area contributed by atoms with E-state index < -0.39 is 14.9 Å². The number of non-ortho nitro benzene ring substituents is 1. The molecule has 132 valence electrons. The van der Waals surface area contributed by atoms with Crippen LogP contribution in [0.1, 0.15) is 31.2 Å². The second kappa shape index (κ2) is 6.84. The zero-order valence-electron chi connectivity index (χ0n) is 14.0. The Morgan fingerprint density at radius 1 is 1.00 bits per heavy atom. The predicted octanol–water partition coefficient (Wildman–Crippen LogP) is 4.04. The van der Waals surface area contributed by atoms with Crippen LogP contribution in [0.15, 0.2) is 53.4 Å². The van der Waals surface area contributed by atoms with Crippen molar-refractivity contribution in [3.8, 4) is 0 Å². The molecule has 1 fully saturated rings. The zero-order chi connectivity index (χ0) is 18.0. The average molecular weight is 360 g/mol. The van der Waals surface area contributed by atoms with Gasteiger partial charge in [-0.15, -0.1) is 0 Å². The largest absolute Gasteiger partial charge is 0.269 e. The Hall–Kier alpha value is -2.41. The van der Waals surface area contributed by atoms with Crippen molar-refractivity contribution in [1.29, 1.82) is 0 Å². The van der Waals surface area contributed by atoms with E-state index in [1.54, 1.807) is 24.3 Å². The molecule has 1 aliphatic rings. The molecule has 1 saturated carbocycles. The summed E-state index contributed by atoms with van der Waals surface area (Å²) in [6.07, 6.45) is 3.55. The van der Waals surface area contributed by atoms with Crippen LogP contribution in [-0.4, -0.2) is 19.4 Å². The Labute approximate surface area is 147 Å². The molecule has 0 N–H and O–H groups in total. The summed E-state index contributed by atoms with van der Waals surface area (Å²) < 4.78 is 27.9. The van der Waals surface area contributed by atoms with Crippen molar-refractivity contribution >= 4 is 21.4 Å². The third-order valence-corrected chi connectivity index (χ3v) is 6.44. The Morgan fingerprint density at radius 3 is 2.08 bits per heavy atom. The van der Waals surface area contributed by atoms with Crippen LogP contribution in [0.2, 0.25) is 0 Å². The summed E-state index contributed by atoms with van der Waals surface area (Å²) in [6, 6.07) is 12.4. The van der Waals surface area contributed by atoms with Crippen LogP contribution in [0.4, 0.5) is 11.4 Å². The molecule has 0 bridgehead atoms. The normalized spacial score (nSPS) is 15.2. The molecule has 3 rings (SSSR count). The van der Waals surface area contributed by atoms with Crippen molar-refractivity contribution in [2.75, 3.05) is 4.31 Å². The summed E-state index contributed by atoms with van der Waals surface area (Å²) >= 11 is 0. The lowest BCUT2D eigenvalue weighted by Crippen LogP contribution is -2.38. The van der Waals surface area contributed by atoms with Crippen molar-refractivity contribution in [1.82, 2.24) is 0 Å². The first-order valence-corrected chi connectivity index (χ1v) is 9.69. The Morgan fingerprint density at radius 2 is 1.56 bits per heavy atom. The standard InChI is InChI=1S/C18H20N2O4S/c1-14-6-12-18(13-7-14)25(23,24)19(15-4-2-3-5-15)16-8-10-17(11-9-16)20(21)22/h6-13,15H,2-5H2,1H3. The smallest absolute Gasteiger partial charge is 0.263 e. The van der Waals surface area contributed by atoms with Gasteiger partial charge in [-0.2, -0.15) is 0 Å². The topological polar surface area (TPSA) is 80.5 Å². The minimum atomic E-state index is -3.72. The summed E-state index contributed by atoms with van der Waals surface area (Å²) in [7, 11) is -3.72. The number of hydrogen-bond acceptors (Lipinski definition) is 4. The minimum absolute atomic E-state index is 0.0529. The summed E-state index contributed by atoms with van der Waals surface area (Å²) in [5.74, 6) is 0. The fourth-order valence-electron chi connectivity index (χ4n) is 3.23. The molecule has 0 saturated heterocycles. The highest BCUT2D eigenvalue weighted by molar-refractivity contribution is 7.92. The molecule has 0 spiro atoms. The Balaban J connectivity index is 2.05. The van der Waals surface area contributed by atoms with Crippen LogP contribution in [0, 0.1) is 17.0 Å². The summed E-state index contributed by atoms with van der Waals surface area (Å²) in [6.45, 7) is 1.90. The van der Waals surface area contributed by atoms with Crippen LogP contribution in [0.3, 0.4) is 0 Å². The van der Waals surface area contributed by atoms with E-state index in [-0.39, 0.29) is 16.6 Å². The number of hydrogen-bond donors (Lipinski definition) is 0. The van der Waals surface area contributed by atoms with E-state index in [4.69, 9.17) is 0 Å². The molecule has 0 radical (unpaired) electrons. The SMILES string of the molecule is Cc1ccc(S(=O)(=O)N(c2ccc([N+](=O)[O-])cc2)C2CCCC2)cc1. The van der Waals surface area contributed by atoms with E-state index in [1.165, 1.54) is 28.6 Å². The molecular weight excluding hydrogens is 340 g/mol. The van der Waals surface area contributed by atoms with Crippen molar-refractivity contribution in [3.63, 3.8) is 0 Å². The molecule has 0 amide bonds. The molecule has 1 aliphatic carbocycles. The van der Waals surface area contributed by atoms with E-state index in [0.717, 1.165) is 31.2 Å². The lowest BCUT2D eigenvalue weighted by atomic mass is 10.2. The number of sulfonamides is 1. The number of nitrogens with zero attached hydrogens (tertiary/aromatic N) is 2. The molecule has 6 nitrogen and oxygen atoms in total. The van der Waals surface area contributed by atoms with Gasteiger partial charge in [0.25, 0.3) is 15.7 Å². The molecule has 0 aliphatic heterocycles. The highest BCUT2D eigenvalue weighted by Crippen LogP contribution is 2.34. The molecule has 2 aromatic rings. The van der Waals surface area contributed by atoms with Gasteiger partial charge in [-0.1, -0.05) is 30.5 Å². The summed E-state index contributed by atoms with van der Waals surface area (Å²) in [5, 5.41) is 10.9. The lowest BCUT2D eigenvalue weighted by Gasteiger charge is -2.30. The minimum Gasteiger partial charge on any atom is -0.263 e. The van der Waals surface area contributed by atoms with Gasteiger partial charge in [-0.05, 0) is 44.0 Å². The van der Waals surface area contributed by atoms with Gasteiger partial charge < -0.3 is 0 Å². The molecule has 2 aromatic carbocycles. The maximum Gasteiger partial charge on any atom is 0.269 e. The first-order chi connectivity index (χ1) is 11.9. The first-order valence-electron chi connectivity index (χ1n) is 8.25. The van der Waals surface area contributed by atoms with Gasteiger partial charge in [0.2, 0.25) is 0 Å². The van der Waals surface area contributed by atoms with Crippen LogP contribution in [-0.2, 0) is 10.0 Å². The van der Waals surface area contributed by atoms with Gasteiger partial charge in [0.05, 0.1) is 15.5 Å². The van der Waals surface area contributed by atoms with Crippen LogP contribution < -0.4 is 4.31 Å². The highest BCUT2D eigenvalue weighted by Gasteiger charge is 2.33. The molecule has 0 aromatic heterocycles. The van der Waals surface area contributed by atoms with E-state index in [1.807, 2.05) is 6.92 Å². The number of nitro benzene ring substituents is 1. The van der Waals surface area contributed by atoms with Crippen LogP contribution >= 0.6 is 0 Å². The van der Waals surface area contributed by atoms with Crippen LogP contribution in [0.5, 0.6) is 0 Å². The number of nitro groups is 1. The van der Waals surface area contributed by atoms with Crippen molar-refractivity contribution in [3.05, 3.63) is 64.2 Å². The fourth-order valence-corrected chi connectivity index (χ4v) is 4.94. The summed E-state index contributed by atoms with van der Waals surface area (Å²) in [5.41, 5.74) is 1.41. The Bertz CT molecular complexity index is 855. The second-order valence-electron chi connectivity index (χ2n) is 6.33. The van der Waals surface area contributed by atoms with Crippen LogP contribution in [0.25, 0.3) is 0 Å². The highest BCUT2D eigenvalue weighted by atomic mass is 32.2. The quantitative estimate of drug-likeness (QED) is 0.595. The monoisotopic (exact) mass is 360 g/mol. The molecule has 0 heterocycles. The molecule has 25 heavy (non-hydrogen) atoms. The zero-order valence-corrected chi connectivity index (χ0v) is 14.8. The maximum atomic E-state index is 13.2. The molecule has 0 unspecified atom stereocenters. The van der Waals surface area contributed by atoms with E-state index in [9.17, 15) is 18.5 Å².